The molecule has 2 aromatic carbocycles. The number of hydrogen-bond acceptors (Lipinski definition) is 7. The van der Waals surface area contributed by atoms with Crippen LogP contribution in [0.4, 0.5) is 14.5 Å². The number of carbonyl (C=O) groups excluding carboxylic acids is 3. The van der Waals surface area contributed by atoms with E-state index >= 15 is 0 Å². The Bertz CT molecular complexity index is 1070. The van der Waals surface area contributed by atoms with E-state index in [1.807, 2.05) is 0 Å². The summed E-state index contributed by atoms with van der Waals surface area (Å²) in [6, 6.07) is 7.64. The molecule has 1 aromatic heterocycles. The van der Waals surface area contributed by atoms with Crippen molar-refractivity contribution >= 4 is 46.2 Å². The van der Waals surface area contributed by atoms with Crippen LogP contribution in [0.3, 0.4) is 0 Å². The molecule has 0 saturated carbocycles. The number of esters is 1. The van der Waals surface area contributed by atoms with Crippen LogP contribution in [-0.4, -0.2) is 39.7 Å². The normalized spacial score (nSPS) is 10.6. The Labute approximate surface area is 167 Å². The highest BCUT2D eigenvalue weighted by molar-refractivity contribution is 7.00. The van der Waals surface area contributed by atoms with Crippen LogP contribution in [0.5, 0.6) is 0 Å². The lowest BCUT2D eigenvalue weighted by Gasteiger charge is -2.08. The van der Waals surface area contributed by atoms with Crippen molar-refractivity contribution in [2.24, 2.45) is 0 Å². The standard InChI is InChI=1S/C18H14F2N4O4S/c19-10-4-5-11(12(20)8-10)18(27)21-7-6-16(26)28-9-15(25)22-13-2-1-3-14-17(13)24-29-23-14/h1-5,8H,6-7,9H2,(H,21,27)(H,22,25). The van der Waals surface area contributed by atoms with Crippen molar-refractivity contribution in [3.05, 3.63) is 53.6 Å². The molecule has 0 aliphatic heterocycles. The van der Waals surface area contributed by atoms with Gasteiger partial charge in [-0.2, -0.15) is 8.75 Å². The third-order valence-corrected chi connectivity index (χ3v) is 4.26. The second-order valence-electron chi connectivity index (χ2n) is 5.78. The zero-order valence-electron chi connectivity index (χ0n) is 14.8. The predicted molar refractivity (Wildman–Crippen MR) is 100 cm³/mol. The first kappa shape index (κ1) is 20.3. The first-order valence-electron chi connectivity index (χ1n) is 8.34. The van der Waals surface area contributed by atoms with Gasteiger partial charge in [-0.25, -0.2) is 8.78 Å². The number of halogens is 2. The van der Waals surface area contributed by atoms with E-state index in [-0.39, 0.29) is 18.5 Å². The number of benzene rings is 2. The maximum atomic E-state index is 13.5. The van der Waals surface area contributed by atoms with Crippen LogP contribution in [-0.2, 0) is 14.3 Å². The minimum atomic E-state index is -1.01. The summed E-state index contributed by atoms with van der Waals surface area (Å²) in [5, 5.41) is 4.90. The molecule has 0 bridgehead atoms. The van der Waals surface area contributed by atoms with Gasteiger partial charge in [0.25, 0.3) is 11.8 Å². The van der Waals surface area contributed by atoms with Gasteiger partial charge in [0.05, 0.1) is 29.4 Å². The van der Waals surface area contributed by atoms with E-state index < -0.39 is 36.0 Å². The summed E-state index contributed by atoms with van der Waals surface area (Å²) in [5.41, 5.74) is 1.28. The molecule has 3 rings (SSSR count). The maximum Gasteiger partial charge on any atom is 0.308 e. The van der Waals surface area contributed by atoms with Gasteiger partial charge in [0.15, 0.2) is 6.61 Å². The predicted octanol–water partition coefficient (Wildman–Crippen LogP) is 2.27. The number of ether oxygens (including phenoxy) is 1. The molecule has 11 heteroatoms. The van der Waals surface area contributed by atoms with Gasteiger partial charge in [-0.05, 0) is 24.3 Å². The monoisotopic (exact) mass is 420 g/mol. The van der Waals surface area contributed by atoms with Gasteiger partial charge in [0.1, 0.15) is 22.7 Å². The summed E-state index contributed by atoms with van der Waals surface area (Å²) < 4.78 is 39.3. The van der Waals surface area contributed by atoms with E-state index in [0.717, 1.165) is 23.9 Å². The Kier molecular flexibility index (Phi) is 6.39. The summed E-state index contributed by atoms with van der Waals surface area (Å²) in [4.78, 5) is 35.5. The van der Waals surface area contributed by atoms with Gasteiger partial charge >= 0.3 is 5.97 Å². The molecule has 150 valence electrons. The lowest BCUT2D eigenvalue weighted by molar-refractivity contribution is -0.147. The molecule has 0 unspecified atom stereocenters. The number of aromatic nitrogens is 2. The average molecular weight is 420 g/mol. The summed E-state index contributed by atoms with van der Waals surface area (Å²) in [6.07, 6.45) is -0.229. The third-order valence-electron chi connectivity index (χ3n) is 3.71. The number of hydrogen-bond donors (Lipinski definition) is 2. The first-order chi connectivity index (χ1) is 13.9. The van der Waals surface area contributed by atoms with Crippen molar-refractivity contribution in [2.75, 3.05) is 18.5 Å². The highest BCUT2D eigenvalue weighted by atomic mass is 32.1. The lowest BCUT2D eigenvalue weighted by atomic mass is 10.2. The van der Waals surface area contributed by atoms with Crippen molar-refractivity contribution in [3.63, 3.8) is 0 Å². The quantitative estimate of drug-likeness (QED) is 0.568. The van der Waals surface area contributed by atoms with Gasteiger partial charge in [0, 0.05) is 12.6 Å². The van der Waals surface area contributed by atoms with Crippen LogP contribution in [0.2, 0.25) is 0 Å². The van der Waals surface area contributed by atoms with Crippen LogP contribution in [0.1, 0.15) is 16.8 Å². The van der Waals surface area contributed by atoms with E-state index in [1.165, 1.54) is 0 Å². The fraction of sp³-hybridized carbons (Fsp3) is 0.167. The maximum absolute atomic E-state index is 13.5. The fourth-order valence-electron chi connectivity index (χ4n) is 2.36. The molecule has 2 N–H and O–H groups in total. The topological polar surface area (TPSA) is 110 Å². The first-order valence-corrected chi connectivity index (χ1v) is 9.07. The zero-order chi connectivity index (χ0) is 20.8. The molecule has 0 saturated heterocycles. The van der Waals surface area contributed by atoms with E-state index in [9.17, 15) is 23.2 Å². The van der Waals surface area contributed by atoms with Gasteiger partial charge < -0.3 is 15.4 Å². The Morgan fingerprint density at radius 2 is 1.93 bits per heavy atom. The molecule has 0 fully saturated rings. The molecule has 0 aliphatic carbocycles. The van der Waals surface area contributed by atoms with Gasteiger partial charge in [-0.15, -0.1) is 0 Å². The van der Waals surface area contributed by atoms with Gasteiger partial charge in [-0.3, -0.25) is 14.4 Å². The van der Waals surface area contributed by atoms with Crippen molar-refractivity contribution in [1.82, 2.24) is 14.1 Å². The molecule has 3 aromatic rings. The van der Waals surface area contributed by atoms with Crippen LogP contribution >= 0.6 is 11.7 Å². The SMILES string of the molecule is O=C(COC(=O)CCNC(=O)c1ccc(F)cc1F)Nc1cccc2nsnc12. The number of anilines is 1. The van der Waals surface area contributed by atoms with E-state index in [0.29, 0.717) is 22.8 Å². The minimum absolute atomic E-state index is 0.139. The number of nitrogens with one attached hydrogen (secondary N) is 2. The molecule has 0 spiro atoms. The van der Waals surface area contributed by atoms with Crippen LogP contribution in [0.25, 0.3) is 11.0 Å². The van der Waals surface area contributed by atoms with Gasteiger partial charge in [-0.1, -0.05) is 6.07 Å². The van der Waals surface area contributed by atoms with Crippen molar-refractivity contribution < 1.29 is 27.9 Å². The molecule has 0 atom stereocenters. The van der Waals surface area contributed by atoms with Crippen LogP contribution < -0.4 is 10.6 Å². The Morgan fingerprint density at radius 3 is 2.72 bits per heavy atom. The Hall–Kier alpha value is -3.47. The number of nitrogens with zero attached hydrogens (tertiary/aromatic N) is 2. The molecular formula is C18H14F2N4O4S. The molecule has 29 heavy (non-hydrogen) atoms. The lowest BCUT2D eigenvalue weighted by Crippen LogP contribution is -2.28. The van der Waals surface area contributed by atoms with E-state index in [2.05, 4.69) is 19.4 Å². The minimum Gasteiger partial charge on any atom is -0.456 e. The van der Waals surface area contributed by atoms with Crippen molar-refractivity contribution in [1.29, 1.82) is 0 Å². The highest BCUT2D eigenvalue weighted by Gasteiger charge is 2.14. The Morgan fingerprint density at radius 1 is 1.10 bits per heavy atom. The number of fused-ring (bicyclic) bond motifs is 1. The Balaban J connectivity index is 1.41. The average Bonchev–Trinajstić information content (AvgIpc) is 3.16. The molecule has 8 nitrogen and oxygen atoms in total. The molecule has 2 amide bonds. The zero-order valence-corrected chi connectivity index (χ0v) is 15.6. The molecule has 0 aliphatic rings. The largest absolute Gasteiger partial charge is 0.456 e. The second-order valence-corrected chi connectivity index (χ2v) is 6.30. The second kappa shape index (κ2) is 9.15. The number of rotatable bonds is 7. The summed E-state index contributed by atoms with van der Waals surface area (Å²) in [7, 11) is 0. The molecular weight excluding hydrogens is 406 g/mol. The summed E-state index contributed by atoms with van der Waals surface area (Å²) >= 11 is 1.01. The number of amides is 2. The third kappa shape index (κ3) is 5.29. The van der Waals surface area contributed by atoms with Crippen LogP contribution in [0, 0.1) is 11.6 Å². The molecule has 1 heterocycles. The summed E-state index contributed by atoms with van der Waals surface area (Å²) in [6.45, 7) is -0.659. The smallest absolute Gasteiger partial charge is 0.308 e. The highest BCUT2D eigenvalue weighted by Crippen LogP contribution is 2.20. The summed E-state index contributed by atoms with van der Waals surface area (Å²) in [5.74, 6) is -3.89. The fourth-order valence-corrected chi connectivity index (χ4v) is 2.91. The van der Waals surface area contributed by atoms with E-state index in [4.69, 9.17) is 4.74 Å². The van der Waals surface area contributed by atoms with Crippen LogP contribution in [0.15, 0.2) is 36.4 Å². The van der Waals surface area contributed by atoms with Crippen molar-refractivity contribution in [2.45, 2.75) is 6.42 Å². The van der Waals surface area contributed by atoms with Gasteiger partial charge in [0.2, 0.25) is 0 Å². The van der Waals surface area contributed by atoms with E-state index in [1.54, 1.807) is 18.2 Å². The number of carbonyl (C=O) groups is 3. The molecule has 0 radical (unpaired) electrons. The van der Waals surface area contributed by atoms with Crippen molar-refractivity contribution in [3.8, 4) is 0 Å².